The molecule has 1 aromatic heterocycles. The van der Waals surface area contributed by atoms with E-state index in [1.807, 2.05) is 0 Å². The Morgan fingerprint density at radius 3 is 3.00 bits per heavy atom. The number of aliphatic hydroxyl groups is 1. The van der Waals surface area contributed by atoms with Crippen LogP contribution in [0.5, 0.6) is 5.88 Å². The molecule has 0 aliphatic heterocycles. The topological polar surface area (TPSA) is 68.4 Å². The van der Waals surface area contributed by atoms with Crippen molar-refractivity contribution in [2.45, 2.75) is 6.42 Å². The first-order chi connectivity index (χ1) is 6.24. The highest BCUT2D eigenvalue weighted by atomic mass is 79.9. The Morgan fingerprint density at radius 1 is 1.62 bits per heavy atom. The van der Waals surface area contributed by atoms with Gasteiger partial charge in [0.15, 0.2) is 0 Å². The quantitative estimate of drug-likeness (QED) is 0.784. The second-order valence-corrected chi connectivity index (χ2v) is 3.39. The van der Waals surface area contributed by atoms with E-state index >= 15 is 0 Å². The number of rotatable bonds is 4. The van der Waals surface area contributed by atoms with E-state index in [4.69, 9.17) is 15.6 Å². The monoisotopic (exact) mass is 246 g/mol. The maximum absolute atomic E-state index is 8.52. The third-order valence-corrected chi connectivity index (χ3v) is 1.82. The SMILES string of the molecule is Nc1cc(Br)cnc1OCCCO. The van der Waals surface area contributed by atoms with Crippen molar-refractivity contribution in [3.8, 4) is 5.88 Å². The summed E-state index contributed by atoms with van der Waals surface area (Å²) in [7, 11) is 0. The molecule has 0 aliphatic rings. The molecule has 1 heterocycles. The molecule has 13 heavy (non-hydrogen) atoms. The molecular weight excluding hydrogens is 236 g/mol. The molecule has 0 atom stereocenters. The molecule has 4 nitrogen and oxygen atoms in total. The summed E-state index contributed by atoms with van der Waals surface area (Å²) in [6.45, 7) is 0.533. The van der Waals surface area contributed by atoms with Crippen LogP contribution in [-0.2, 0) is 0 Å². The highest BCUT2D eigenvalue weighted by Gasteiger charge is 2.01. The highest BCUT2D eigenvalue weighted by molar-refractivity contribution is 9.10. The van der Waals surface area contributed by atoms with Gasteiger partial charge in [0.05, 0.1) is 12.3 Å². The molecule has 1 rings (SSSR count). The fourth-order valence-corrected chi connectivity index (χ4v) is 1.15. The summed E-state index contributed by atoms with van der Waals surface area (Å²) in [4.78, 5) is 3.97. The smallest absolute Gasteiger partial charge is 0.237 e. The molecule has 0 bridgehead atoms. The van der Waals surface area contributed by atoms with Crippen molar-refractivity contribution in [1.29, 1.82) is 0 Å². The largest absolute Gasteiger partial charge is 0.476 e. The molecule has 0 aliphatic carbocycles. The number of aromatic nitrogens is 1. The average Bonchev–Trinajstić information content (AvgIpc) is 2.09. The van der Waals surface area contributed by atoms with Gasteiger partial charge in [-0.1, -0.05) is 0 Å². The van der Waals surface area contributed by atoms with Gasteiger partial charge < -0.3 is 15.6 Å². The van der Waals surface area contributed by atoms with Crippen LogP contribution in [0, 0.1) is 0 Å². The molecule has 5 heteroatoms. The number of nitrogen functional groups attached to an aromatic ring is 1. The highest BCUT2D eigenvalue weighted by Crippen LogP contribution is 2.21. The summed E-state index contributed by atoms with van der Waals surface area (Å²) in [6.07, 6.45) is 2.20. The molecule has 0 saturated heterocycles. The summed E-state index contributed by atoms with van der Waals surface area (Å²) in [6, 6.07) is 1.72. The number of pyridine rings is 1. The summed E-state index contributed by atoms with van der Waals surface area (Å²) in [5.74, 6) is 0.414. The van der Waals surface area contributed by atoms with Crippen LogP contribution in [0.15, 0.2) is 16.7 Å². The summed E-state index contributed by atoms with van der Waals surface area (Å²) in [5, 5.41) is 8.52. The zero-order chi connectivity index (χ0) is 9.68. The van der Waals surface area contributed by atoms with Gasteiger partial charge in [0.2, 0.25) is 5.88 Å². The van der Waals surface area contributed by atoms with Gasteiger partial charge >= 0.3 is 0 Å². The number of hydrogen-bond acceptors (Lipinski definition) is 4. The first-order valence-corrected chi connectivity index (χ1v) is 4.68. The minimum absolute atomic E-state index is 0.108. The number of nitrogens with zero attached hydrogens (tertiary/aromatic N) is 1. The average molecular weight is 247 g/mol. The van der Waals surface area contributed by atoms with Gasteiger partial charge in [0.1, 0.15) is 0 Å². The molecule has 0 radical (unpaired) electrons. The lowest BCUT2D eigenvalue weighted by atomic mass is 10.4. The molecule has 0 fully saturated rings. The Hall–Kier alpha value is -0.810. The van der Waals surface area contributed by atoms with Crippen molar-refractivity contribution < 1.29 is 9.84 Å². The molecule has 0 saturated carbocycles. The Labute approximate surface area is 84.9 Å². The molecule has 1 aromatic rings. The fraction of sp³-hybridized carbons (Fsp3) is 0.375. The predicted molar refractivity (Wildman–Crippen MR) is 53.5 cm³/mol. The van der Waals surface area contributed by atoms with E-state index in [1.54, 1.807) is 12.3 Å². The van der Waals surface area contributed by atoms with Gasteiger partial charge in [-0.25, -0.2) is 4.98 Å². The second-order valence-electron chi connectivity index (χ2n) is 2.47. The first-order valence-electron chi connectivity index (χ1n) is 3.88. The van der Waals surface area contributed by atoms with Crippen LogP contribution in [0.1, 0.15) is 6.42 Å². The van der Waals surface area contributed by atoms with Crippen LogP contribution in [-0.4, -0.2) is 23.3 Å². The van der Waals surface area contributed by atoms with E-state index in [0.29, 0.717) is 24.6 Å². The third-order valence-electron chi connectivity index (χ3n) is 1.39. The zero-order valence-electron chi connectivity index (χ0n) is 7.03. The zero-order valence-corrected chi connectivity index (χ0v) is 8.62. The maximum Gasteiger partial charge on any atom is 0.237 e. The van der Waals surface area contributed by atoms with E-state index in [2.05, 4.69) is 20.9 Å². The minimum atomic E-state index is 0.108. The van der Waals surface area contributed by atoms with Crippen LogP contribution < -0.4 is 10.5 Å². The van der Waals surface area contributed by atoms with E-state index in [1.165, 1.54) is 0 Å². The molecule has 0 amide bonds. The Morgan fingerprint density at radius 2 is 2.38 bits per heavy atom. The van der Waals surface area contributed by atoms with Crippen molar-refractivity contribution in [2.24, 2.45) is 0 Å². The molecule has 3 N–H and O–H groups in total. The van der Waals surface area contributed by atoms with Crippen LogP contribution >= 0.6 is 15.9 Å². The summed E-state index contributed by atoms with van der Waals surface area (Å²) >= 11 is 3.24. The van der Waals surface area contributed by atoms with Gasteiger partial charge in [-0.15, -0.1) is 0 Å². The van der Waals surface area contributed by atoms with Crippen molar-refractivity contribution in [1.82, 2.24) is 4.98 Å². The number of ether oxygens (including phenoxy) is 1. The van der Waals surface area contributed by atoms with Gasteiger partial charge in [-0.3, -0.25) is 0 Å². The molecule has 0 aromatic carbocycles. The Kier molecular flexibility index (Phi) is 3.98. The Bertz CT molecular complexity index is 281. The summed E-state index contributed by atoms with van der Waals surface area (Å²) in [5.41, 5.74) is 6.12. The summed E-state index contributed by atoms with van der Waals surface area (Å²) < 4.78 is 6.03. The van der Waals surface area contributed by atoms with Crippen LogP contribution in [0.2, 0.25) is 0 Å². The standard InChI is InChI=1S/C8H11BrN2O2/c9-6-4-7(10)8(11-5-6)13-3-1-2-12/h4-5,12H,1-3,10H2. The molecule has 0 spiro atoms. The van der Waals surface area contributed by atoms with Crippen LogP contribution in [0.25, 0.3) is 0 Å². The van der Waals surface area contributed by atoms with Gasteiger partial charge in [0, 0.05) is 23.7 Å². The van der Waals surface area contributed by atoms with Crippen LogP contribution in [0.4, 0.5) is 5.69 Å². The van der Waals surface area contributed by atoms with Crippen molar-refractivity contribution in [2.75, 3.05) is 18.9 Å². The lowest BCUT2D eigenvalue weighted by molar-refractivity contribution is 0.230. The lowest BCUT2D eigenvalue weighted by Gasteiger charge is -2.06. The maximum atomic E-state index is 8.52. The van der Waals surface area contributed by atoms with E-state index < -0.39 is 0 Å². The molecule has 0 unspecified atom stereocenters. The van der Waals surface area contributed by atoms with E-state index in [9.17, 15) is 0 Å². The van der Waals surface area contributed by atoms with Gasteiger partial charge in [0.25, 0.3) is 0 Å². The number of halogens is 1. The predicted octanol–water partition coefficient (Wildman–Crippen LogP) is 1.19. The number of nitrogens with two attached hydrogens (primary N) is 1. The van der Waals surface area contributed by atoms with Gasteiger partial charge in [-0.2, -0.15) is 0 Å². The second kappa shape index (κ2) is 5.04. The number of hydrogen-bond donors (Lipinski definition) is 2. The van der Waals surface area contributed by atoms with Crippen molar-refractivity contribution in [3.05, 3.63) is 16.7 Å². The number of anilines is 1. The minimum Gasteiger partial charge on any atom is -0.476 e. The van der Waals surface area contributed by atoms with E-state index in [-0.39, 0.29) is 6.61 Å². The van der Waals surface area contributed by atoms with E-state index in [0.717, 1.165) is 4.47 Å². The normalized spacial score (nSPS) is 10.0. The lowest BCUT2D eigenvalue weighted by Crippen LogP contribution is -2.03. The Balaban J connectivity index is 2.56. The number of aliphatic hydroxyl groups excluding tert-OH is 1. The molecule has 72 valence electrons. The third kappa shape index (κ3) is 3.20. The molecular formula is C8H11BrN2O2. The van der Waals surface area contributed by atoms with Crippen LogP contribution in [0.3, 0.4) is 0 Å². The first kappa shape index (κ1) is 10.3. The fourth-order valence-electron chi connectivity index (χ4n) is 0.796. The van der Waals surface area contributed by atoms with Crippen molar-refractivity contribution >= 4 is 21.6 Å². The van der Waals surface area contributed by atoms with Crippen molar-refractivity contribution in [3.63, 3.8) is 0 Å². The van der Waals surface area contributed by atoms with Gasteiger partial charge in [-0.05, 0) is 22.0 Å².